The predicted molar refractivity (Wildman–Crippen MR) is 30.9 cm³/mol. The molecule has 0 aromatic rings. The zero-order valence-electron chi connectivity index (χ0n) is 5.27. The Morgan fingerprint density at radius 2 is 2.00 bits per heavy atom. The van der Waals surface area contributed by atoms with Crippen LogP contribution >= 0.6 is 0 Å². The lowest BCUT2D eigenvalue weighted by molar-refractivity contribution is 0.00686. The predicted octanol–water partition coefficient (Wildman–Crippen LogP) is -0.844. The Morgan fingerprint density at radius 3 is 2.20 bits per heavy atom. The molecule has 0 aliphatic carbocycles. The van der Waals surface area contributed by atoms with E-state index in [9.17, 15) is 4.39 Å². The Hall–Kier alpha value is -0.190. The van der Waals surface area contributed by atoms with Gasteiger partial charge in [-0.15, -0.1) is 0 Å². The fraction of sp³-hybridized carbons (Fsp3) is 0.833. The summed E-state index contributed by atoms with van der Waals surface area (Å²) in [5, 5.41) is 17.8. The van der Waals surface area contributed by atoms with Crippen LogP contribution in [0.15, 0.2) is 0 Å². The van der Waals surface area contributed by atoms with E-state index in [-0.39, 0.29) is 0 Å². The largest absolute Gasteiger partial charge is 0.388 e. The Bertz CT molecular complexity index is 120. The van der Waals surface area contributed by atoms with Gasteiger partial charge in [-0.25, -0.2) is 4.39 Å². The highest BCUT2D eigenvalue weighted by Gasteiger charge is 2.40. The van der Waals surface area contributed by atoms with E-state index in [2.05, 4.69) is 4.74 Å². The zero-order valence-corrected chi connectivity index (χ0v) is 5.27. The highest BCUT2D eigenvalue weighted by Crippen LogP contribution is 2.20. The third-order valence-electron chi connectivity index (χ3n) is 1.55. The summed E-state index contributed by atoms with van der Waals surface area (Å²) in [6.07, 6.45) is -4.29. The van der Waals surface area contributed by atoms with Crippen molar-refractivity contribution in [3.63, 3.8) is 0 Å². The lowest BCUT2D eigenvalue weighted by Crippen LogP contribution is -2.32. The van der Waals surface area contributed by atoms with Gasteiger partial charge in [-0.2, -0.15) is 0 Å². The number of aliphatic hydroxyl groups excluding tert-OH is 2. The summed E-state index contributed by atoms with van der Waals surface area (Å²) in [5.74, 6) is 0. The first kappa shape index (κ1) is 7.91. The van der Waals surface area contributed by atoms with Crippen LogP contribution in [0.3, 0.4) is 0 Å². The number of ether oxygens (including phenoxy) is 1. The summed E-state index contributed by atoms with van der Waals surface area (Å²) >= 11 is 0. The highest BCUT2D eigenvalue weighted by molar-refractivity contribution is 4.91. The number of rotatable bonds is 1. The van der Waals surface area contributed by atoms with E-state index in [4.69, 9.17) is 17.1 Å². The summed E-state index contributed by atoms with van der Waals surface area (Å²) in [6.45, 7) is 4.31. The van der Waals surface area contributed by atoms with Crippen LogP contribution in [0.25, 0.3) is 0 Å². The van der Waals surface area contributed by atoms with E-state index in [1.807, 2.05) is 0 Å². The normalized spacial score (nSPS) is 48.0. The van der Waals surface area contributed by atoms with E-state index in [1.54, 1.807) is 0 Å². The van der Waals surface area contributed by atoms with Crippen molar-refractivity contribution in [2.75, 3.05) is 6.67 Å². The highest BCUT2D eigenvalue weighted by atomic mass is 19.1. The van der Waals surface area contributed by atoms with Crippen LogP contribution < -0.4 is 0 Å². The van der Waals surface area contributed by atoms with Gasteiger partial charge in [0.15, 0.2) is 0 Å². The molecule has 4 heteroatoms. The standard InChI is InChI=1S/C6H9FO3/c1-3-5(8)6(9)4(2-7)10-3/h1,3-6,8-9H,2H2/t3-,4+,5?,6-/m0/s1. The van der Waals surface area contributed by atoms with Gasteiger partial charge >= 0.3 is 0 Å². The second-order valence-corrected chi connectivity index (χ2v) is 2.27. The third-order valence-corrected chi connectivity index (χ3v) is 1.55. The molecule has 1 aliphatic rings. The quantitative estimate of drug-likeness (QED) is 0.509. The maximum Gasteiger partial charge on any atom is 0.118 e. The van der Waals surface area contributed by atoms with E-state index < -0.39 is 31.1 Å². The van der Waals surface area contributed by atoms with Crippen molar-refractivity contribution >= 4 is 0 Å². The Balaban J connectivity index is 2.53. The van der Waals surface area contributed by atoms with Crippen molar-refractivity contribution in [3.8, 4) is 0 Å². The minimum atomic E-state index is -1.19. The summed E-state index contributed by atoms with van der Waals surface area (Å²) in [6, 6.07) is 0. The summed E-state index contributed by atoms with van der Waals surface area (Å²) in [7, 11) is 0. The molecule has 1 heterocycles. The van der Waals surface area contributed by atoms with Crippen LogP contribution in [0, 0.1) is 6.92 Å². The topological polar surface area (TPSA) is 49.7 Å². The lowest BCUT2D eigenvalue weighted by atomic mass is 10.1. The first-order valence-electron chi connectivity index (χ1n) is 3.00. The van der Waals surface area contributed by atoms with Crippen molar-refractivity contribution in [2.45, 2.75) is 24.4 Å². The van der Waals surface area contributed by atoms with Gasteiger partial charge in [0.2, 0.25) is 0 Å². The van der Waals surface area contributed by atoms with Crippen LogP contribution in [0.2, 0.25) is 0 Å². The van der Waals surface area contributed by atoms with Crippen LogP contribution in [0.4, 0.5) is 4.39 Å². The number of hydrogen-bond donors (Lipinski definition) is 2. The molecular weight excluding hydrogens is 139 g/mol. The molecule has 1 unspecified atom stereocenters. The lowest BCUT2D eigenvalue weighted by Gasteiger charge is -2.09. The number of hydrogen-bond acceptors (Lipinski definition) is 3. The molecule has 2 N–H and O–H groups in total. The Labute approximate surface area is 58.4 Å². The molecule has 2 radical (unpaired) electrons. The molecule has 10 heavy (non-hydrogen) atoms. The van der Waals surface area contributed by atoms with Crippen LogP contribution in [0.1, 0.15) is 0 Å². The molecule has 1 aliphatic heterocycles. The SMILES string of the molecule is [CH][C@@H]1O[C@H](CF)[C@H](O)C1O. The zero-order chi connectivity index (χ0) is 7.72. The smallest absolute Gasteiger partial charge is 0.118 e. The number of aliphatic hydroxyl groups is 2. The van der Waals surface area contributed by atoms with Crippen molar-refractivity contribution < 1.29 is 19.3 Å². The van der Waals surface area contributed by atoms with E-state index in [0.29, 0.717) is 0 Å². The van der Waals surface area contributed by atoms with Gasteiger partial charge < -0.3 is 14.9 Å². The van der Waals surface area contributed by atoms with Gasteiger partial charge in [0.1, 0.15) is 25.0 Å². The average molecular weight is 148 g/mol. The molecular formula is C6H9FO3. The molecule has 1 fully saturated rings. The van der Waals surface area contributed by atoms with Crippen molar-refractivity contribution in [3.05, 3.63) is 6.92 Å². The molecule has 0 spiro atoms. The van der Waals surface area contributed by atoms with E-state index in [0.717, 1.165) is 0 Å². The van der Waals surface area contributed by atoms with Gasteiger partial charge in [-0.05, 0) is 6.92 Å². The van der Waals surface area contributed by atoms with Crippen LogP contribution in [-0.2, 0) is 4.74 Å². The van der Waals surface area contributed by atoms with Crippen LogP contribution in [0.5, 0.6) is 0 Å². The molecule has 1 rings (SSSR count). The molecule has 3 nitrogen and oxygen atoms in total. The Morgan fingerprint density at radius 1 is 1.40 bits per heavy atom. The molecule has 0 aromatic carbocycles. The first-order chi connectivity index (χ1) is 4.66. The number of alkyl halides is 1. The van der Waals surface area contributed by atoms with Crippen molar-refractivity contribution in [1.82, 2.24) is 0 Å². The van der Waals surface area contributed by atoms with E-state index in [1.165, 1.54) is 0 Å². The maximum absolute atomic E-state index is 11.8. The van der Waals surface area contributed by atoms with Gasteiger partial charge in [0.25, 0.3) is 0 Å². The van der Waals surface area contributed by atoms with Crippen molar-refractivity contribution in [1.29, 1.82) is 0 Å². The average Bonchev–Trinajstić information content (AvgIpc) is 2.17. The minimum absolute atomic E-state index is 0.827. The van der Waals surface area contributed by atoms with Crippen LogP contribution in [-0.4, -0.2) is 41.3 Å². The minimum Gasteiger partial charge on any atom is -0.388 e. The van der Waals surface area contributed by atoms with Gasteiger partial charge in [0, 0.05) is 0 Å². The molecule has 0 bridgehead atoms. The molecule has 0 aromatic heterocycles. The molecule has 0 saturated carbocycles. The molecule has 58 valence electrons. The molecule has 4 atom stereocenters. The van der Waals surface area contributed by atoms with Gasteiger partial charge in [-0.3, -0.25) is 0 Å². The van der Waals surface area contributed by atoms with E-state index >= 15 is 0 Å². The molecule has 0 amide bonds. The summed E-state index contributed by atoms with van der Waals surface area (Å²) in [5.41, 5.74) is 0. The summed E-state index contributed by atoms with van der Waals surface area (Å²) < 4.78 is 16.5. The monoisotopic (exact) mass is 148 g/mol. The fourth-order valence-corrected chi connectivity index (χ4v) is 0.905. The molecule has 1 saturated heterocycles. The van der Waals surface area contributed by atoms with Gasteiger partial charge in [0.05, 0.1) is 6.10 Å². The Kier molecular flexibility index (Phi) is 2.23. The van der Waals surface area contributed by atoms with Gasteiger partial charge in [-0.1, -0.05) is 0 Å². The maximum atomic E-state index is 11.8. The summed E-state index contributed by atoms with van der Waals surface area (Å²) in [4.78, 5) is 0. The fourth-order valence-electron chi connectivity index (χ4n) is 0.905. The number of halogens is 1. The van der Waals surface area contributed by atoms with Crippen molar-refractivity contribution in [2.24, 2.45) is 0 Å². The second-order valence-electron chi connectivity index (χ2n) is 2.27. The third kappa shape index (κ3) is 1.14. The first-order valence-corrected chi connectivity index (χ1v) is 3.00. The second kappa shape index (κ2) is 2.82.